The van der Waals surface area contributed by atoms with Gasteiger partial charge in [0.1, 0.15) is 0 Å². The number of aromatic nitrogens is 4. The number of β-amino-alcohol motifs (C(OH)–C–C–N with tert-alkyl or cyclic N) is 1. The molecule has 1 N–H and O–H groups in total. The van der Waals surface area contributed by atoms with Gasteiger partial charge in [-0.1, -0.05) is 0 Å². The van der Waals surface area contributed by atoms with Gasteiger partial charge in [-0.2, -0.15) is 0 Å². The first-order valence-corrected chi connectivity index (χ1v) is 9.02. The van der Waals surface area contributed by atoms with Gasteiger partial charge in [0.05, 0.1) is 12.6 Å². The van der Waals surface area contributed by atoms with Gasteiger partial charge < -0.3 is 14.4 Å². The molecule has 0 aromatic carbocycles. The van der Waals surface area contributed by atoms with Crippen LogP contribution in [0.25, 0.3) is 0 Å². The number of anilines is 1. The number of likely N-dealkylation sites (tertiary alicyclic amines) is 1. The lowest BCUT2D eigenvalue weighted by molar-refractivity contribution is 0.0621. The number of piperidine rings is 2. The number of nitrogens with zero attached hydrogens (tertiary/aromatic N) is 6. The first kappa shape index (κ1) is 16.4. The van der Waals surface area contributed by atoms with Crippen LogP contribution in [0.1, 0.15) is 43.4 Å². The van der Waals surface area contributed by atoms with Crippen LogP contribution in [0.4, 0.5) is 5.95 Å². The van der Waals surface area contributed by atoms with Crippen molar-refractivity contribution in [2.24, 2.45) is 0 Å². The molecule has 0 amide bonds. The van der Waals surface area contributed by atoms with Gasteiger partial charge in [0.25, 0.3) is 0 Å². The minimum Gasteiger partial charge on any atom is -0.424 e. The Morgan fingerprint density at radius 1 is 1.08 bits per heavy atom. The topological polar surface area (TPSA) is 91.4 Å². The van der Waals surface area contributed by atoms with Crippen molar-refractivity contribution in [1.29, 1.82) is 0 Å². The highest BCUT2D eigenvalue weighted by atomic mass is 16.4. The summed E-state index contributed by atoms with van der Waals surface area (Å²) in [6, 6.07) is 1.83. The van der Waals surface area contributed by atoms with Crippen LogP contribution in [0.2, 0.25) is 0 Å². The molecule has 0 aliphatic carbocycles. The Morgan fingerprint density at radius 3 is 2.64 bits per heavy atom. The van der Waals surface area contributed by atoms with Crippen LogP contribution in [0, 0.1) is 0 Å². The zero-order valence-corrected chi connectivity index (χ0v) is 14.3. The standard InChI is InChI=1S/C17H24N6O2/c24-14-3-1-8-22(11-14)12-15-20-21-16(25-15)13-4-9-23(10-5-13)17-18-6-2-7-19-17/h2,6-7,13-14,24H,1,3-5,8-12H2/t14-/m0/s1. The maximum atomic E-state index is 9.76. The Bertz CT molecular complexity index is 671. The van der Waals surface area contributed by atoms with Crippen molar-refractivity contribution in [3.8, 4) is 0 Å². The molecule has 2 saturated heterocycles. The van der Waals surface area contributed by atoms with E-state index in [1.807, 2.05) is 6.07 Å². The second kappa shape index (κ2) is 7.45. The normalized spacial score (nSPS) is 23.1. The average molecular weight is 344 g/mol. The molecule has 2 aliphatic heterocycles. The van der Waals surface area contributed by atoms with Gasteiger partial charge in [-0.25, -0.2) is 9.97 Å². The van der Waals surface area contributed by atoms with E-state index in [2.05, 4.69) is 30.0 Å². The van der Waals surface area contributed by atoms with Gasteiger partial charge in [-0.15, -0.1) is 10.2 Å². The van der Waals surface area contributed by atoms with Crippen molar-refractivity contribution >= 4 is 5.95 Å². The van der Waals surface area contributed by atoms with Crippen molar-refractivity contribution in [3.05, 3.63) is 30.2 Å². The lowest BCUT2D eigenvalue weighted by Gasteiger charge is -2.30. The largest absolute Gasteiger partial charge is 0.424 e. The van der Waals surface area contributed by atoms with Crippen molar-refractivity contribution in [2.45, 2.75) is 44.2 Å². The Labute approximate surface area is 146 Å². The van der Waals surface area contributed by atoms with Crippen LogP contribution in [0.5, 0.6) is 0 Å². The quantitative estimate of drug-likeness (QED) is 0.885. The van der Waals surface area contributed by atoms with E-state index < -0.39 is 0 Å². The van der Waals surface area contributed by atoms with Gasteiger partial charge in [-0.3, -0.25) is 4.90 Å². The maximum Gasteiger partial charge on any atom is 0.230 e. The first-order valence-electron chi connectivity index (χ1n) is 9.02. The van der Waals surface area contributed by atoms with E-state index in [-0.39, 0.29) is 6.10 Å². The summed E-state index contributed by atoms with van der Waals surface area (Å²) in [5.74, 6) is 2.48. The van der Waals surface area contributed by atoms with E-state index in [0.717, 1.165) is 57.2 Å². The molecule has 8 heteroatoms. The molecule has 2 aromatic rings. The summed E-state index contributed by atoms with van der Waals surface area (Å²) in [5, 5.41) is 18.2. The molecule has 4 heterocycles. The van der Waals surface area contributed by atoms with Crippen LogP contribution in [-0.4, -0.2) is 62.5 Å². The molecule has 134 valence electrons. The summed E-state index contributed by atoms with van der Waals surface area (Å²) in [6.07, 6.45) is 7.13. The Balaban J connectivity index is 1.32. The number of hydrogen-bond acceptors (Lipinski definition) is 8. The molecule has 4 rings (SSSR count). The number of hydrogen-bond donors (Lipinski definition) is 1. The molecule has 2 aromatic heterocycles. The summed E-state index contributed by atoms with van der Waals surface area (Å²) < 4.78 is 5.91. The van der Waals surface area contributed by atoms with E-state index >= 15 is 0 Å². The molecular weight excluding hydrogens is 320 g/mol. The first-order chi connectivity index (χ1) is 12.3. The molecule has 2 aliphatic rings. The number of aliphatic hydroxyl groups is 1. The van der Waals surface area contributed by atoms with Gasteiger partial charge >= 0.3 is 0 Å². The minimum atomic E-state index is -0.235. The molecular formula is C17H24N6O2. The predicted octanol–water partition coefficient (Wildman–Crippen LogP) is 1.20. The lowest BCUT2D eigenvalue weighted by Crippen LogP contribution is -2.37. The van der Waals surface area contributed by atoms with Crippen LogP contribution in [-0.2, 0) is 6.54 Å². The SMILES string of the molecule is O[C@H]1CCCN(Cc2nnc(C3CCN(c4ncccn4)CC3)o2)C1. The molecule has 0 unspecified atom stereocenters. The van der Waals surface area contributed by atoms with Crippen LogP contribution < -0.4 is 4.90 Å². The fourth-order valence-corrected chi connectivity index (χ4v) is 3.64. The van der Waals surface area contributed by atoms with E-state index in [4.69, 9.17) is 4.42 Å². The highest BCUT2D eigenvalue weighted by molar-refractivity contribution is 5.29. The number of rotatable bonds is 4. The smallest absolute Gasteiger partial charge is 0.230 e. The van der Waals surface area contributed by atoms with Gasteiger partial charge in [0.15, 0.2) is 0 Å². The highest BCUT2D eigenvalue weighted by Crippen LogP contribution is 2.28. The van der Waals surface area contributed by atoms with E-state index in [1.54, 1.807) is 12.4 Å². The van der Waals surface area contributed by atoms with Crippen LogP contribution in [0.3, 0.4) is 0 Å². The van der Waals surface area contributed by atoms with E-state index in [1.165, 1.54) is 0 Å². The molecule has 2 fully saturated rings. The van der Waals surface area contributed by atoms with Crippen molar-refractivity contribution in [2.75, 3.05) is 31.1 Å². The maximum absolute atomic E-state index is 9.76. The molecule has 0 radical (unpaired) electrons. The summed E-state index contributed by atoms with van der Waals surface area (Å²) in [5.41, 5.74) is 0. The molecule has 0 bridgehead atoms. The zero-order chi connectivity index (χ0) is 17.1. The Hall–Kier alpha value is -2.06. The fourth-order valence-electron chi connectivity index (χ4n) is 3.64. The third kappa shape index (κ3) is 3.96. The third-order valence-electron chi connectivity index (χ3n) is 5.00. The van der Waals surface area contributed by atoms with Crippen molar-refractivity contribution in [3.63, 3.8) is 0 Å². The molecule has 1 atom stereocenters. The average Bonchev–Trinajstić information content (AvgIpc) is 3.11. The van der Waals surface area contributed by atoms with Crippen molar-refractivity contribution in [1.82, 2.24) is 25.1 Å². The second-order valence-corrected chi connectivity index (χ2v) is 6.88. The monoisotopic (exact) mass is 344 g/mol. The predicted molar refractivity (Wildman–Crippen MR) is 91.0 cm³/mol. The second-order valence-electron chi connectivity index (χ2n) is 6.88. The minimum absolute atomic E-state index is 0.235. The zero-order valence-electron chi connectivity index (χ0n) is 14.3. The van der Waals surface area contributed by atoms with Gasteiger partial charge in [-0.05, 0) is 38.3 Å². The Kier molecular flexibility index (Phi) is 4.89. The van der Waals surface area contributed by atoms with E-state index in [9.17, 15) is 5.11 Å². The summed E-state index contributed by atoms with van der Waals surface area (Å²) in [6.45, 7) is 4.08. The molecule has 0 spiro atoms. The fraction of sp³-hybridized carbons (Fsp3) is 0.647. The van der Waals surface area contributed by atoms with Crippen LogP contribution in [0.15, 0.2) is 22.9 Å². The molecule has 25 heavy (non-hydrogen) atoms. The third-order valence-corrected chi connectivity index (χ3v) is 5.00. The summed E-state index contributed by atoms with van der Waals surface area (Å²) in [4.78, 5) is 13.0. The lowest BCUT2D eigenvalue weighted by atomic mass is 9.97. The van der Waals surface area contributed by atoms with Gasteiger partial charge in [0, 0.05) is 37.9 Å². The molecule has 8 nitrogen and oxygen atoms in total. The Morgan fingerprint density at radius 2 is 1.88 bits per heavy atom. The number of aliphatic hydroxyl groups excluding tert-OH is 1. The van der Waals surface area contributed by atoms with Crippen molar-refractivity contribution < 1.29 is 9.52 Å². The van der Waals surface area contributed by atoms with Gasteiger partial charge in [0.2, 0.25) is 17.7 Å². The molecule has 0 saturated carbocycles. The highest BCUT2D eigenvalue weighted by Gasteiger charge is 2.27. The van der Waals surface area contributed by atoms with Crippen LogP contribution >= 0.6 is 0 Å². The summed E-state index contributed by atoms with van der Waals surface area (Å²) >= 11 is 0. The van der Waals surface area contributed by atoms with E-state index in [0.29, 0.717) is 24.9 Å². The summed E-state index contributed by atoms with van der Waals surface area (Å²) in [7, 11) is 0.